The number of amides is 1. The van der Waals surface area contributed by atoms with Gasteiger partial charge in [-0.05, 0) is 12.8 Å². The Balaban J connectivity index is 2.65. The normalized spacial score (nSPS) is 30.2. The summed E-state index contributed by atoms with van der Waals surface area (Å²) in [5.74, 6) is -2.35. The third-order valence-electron chi connectivity index (χ3n) is 2.20. The van der Waals surface area contributed by atoms with Crippen LogP contribution in [0.15, 0.2) is 0 Å². The number of carboxylic acid groups (broad SMARTS) is 1. The molecule has 0 unspecified atom stereocenters. The topological polar surface area (TPSA) is 80.4 Å². The van der Waals surface area contributed by atoms with E-state index < -0.39 is 23.7 Å². The number of carbonyl (C=O) groups is 2. The maximum absolute atomic E-state index is 10.7. The van der Waals surface area contributed by atoms with E-state index in [4.69, 9.17) is 10.8 Å². The molecule has 0 saturated heterocycles. The van der Waals surface area contributed by atoms with Crippen molar-refractivity contribution in [2.24, 2.45) is 17.6 Å². The smallest absolute Gasteiger partial charge is 0.307 e. The predicted molar refractivity (Wildman–Crippen MR) is 37.7 cm³/mol. The number of hydrogen-bond acceptors (Lipinski definition) is 2. The van der Waals surface area contributed by atoms with Gasteiger partial charge in [0, 0.05) is 0 Å². The fourth-order valence-electron chi connectivity index (χ4n) is 1.60. The summed E-state index contributed by atoms with van der Waals surface area (Å²) in [4.78, 5) is 21.2. The number of nitrogens with two attached hydrogens (primary N) is 1. The Bertz CT molecular complexity index is 170. The molecule has 0 aromatic carbocycles. The van der Waals surface area contributed by atoms with Crippen LogP contribution in [0.25, 0.3) is 0 Å². The Labute approximate surface area is 64.4 Å². The van der Waals surface area contributed by atoms with E-state index in [-0.39, 0.29) is 0 Å². The van der Waals surface area contributed by atoms with Crippen LogP contribution in [0.2, 0.25) is 0 Å². The minimum absolute atomic E-state index is 0.438. The van der Waals surface area contributed by atoms with Crippen LogP contribution in [0.4, 0.5) is 0 Å². The monoisotopic (exact) mass is 157 g/mol. The number of carbonyl (C=O) groups excluding carboxylic acids is 1. The van der Waals surface area contributed by atoms with E-state index in [2.05, 4.69) is 0 Å². The second kappa shape index (κ2) is 2.90. The van der Waals surface area contributed by atoms with Gasteiger partial charge in [0.1, 0.15) is 0 Å². The van der Waals surface area contributed by atoms with Crippen molar-refractivity contribution in [2.75, 3.05) is 0 Å². The van der Waals surface area contributed by atoms with Crippen LogP contribution in [0.3, 0.4) is 0 Å². The van der Waals surface area contributed by atoms with Crippen LogP contribution in [0.1, 0.15) is 19.3 Å². The summed E-state index contributed by atoms with van der Waals surface area (Å²) in [7, 11) is 0. The Kier molecular flexibility index (Phi) is 2.12. The third-order valence-corrected chi connectivity index (χ3v) is 2.20. The molecule has 1 saturated carbocycles. The first kappa shape index (κ1) is 8.04. The van der Waals surface area contributed by atoms with E-state index in [1.807, 2.05) is 0 Å². The number of hydrogen-bond donors (Lipinski definition) is 2. The summed E-state index contributed by atoms with van der Waals surface area (Å²) in [5.41, 5.74) is 5.02. The highest BCUT2D eigenvalue weighted by molar-refractivity contribution is 5.83. The quantitative estimate of drug-likeness (QED) is 0.590. The summed E-state index contributed by atoms with van der Waals surface area (Å²) in [5, 5.41) is 8.62. The fourth-order valence-corrected chi connectivity index (χ4v) is 1.60. The first-order valence-corrected chi connectivity index (χ1v) is 3.65. The highest BCUT2D eigenvalue weighted by Gasteiger charge is 2.36. The highest BCUT2D eigenvalue weighted by Crippen LogP contribution is 2.31. The molecule has 1 aliphatic carbocycles. The Morgan fingerprint density at radius 3 is 2.18 bits per heavy atom. The predicted octanol–water partition coefficient (Wildman–Crippen LogP) is -0.0274. The molecule has 3 N–H and O–H groups in total. The van der Waals surface area contributed by atoms with E-state index in [1.54, 1.807) is 0 Å². The average Bonchev–Trinajstić information content (AvgIpc) is 2.32. The molecule has 0 heterocycles. The maximum atomic E-state index is 10.7. The van der Waals surface area contributed by atoms with Crippen LogP contribution in [0.5, 0.6) is 0 Å². The fraction of sp³-hybridized carbons (Fsp3) is 0.714. The van der Waals surface area contributed by atoms with Gasteiger partial charge in [-0.1, -0.05) is 6.42 Å². The maximum Gasteiger partial charge on any atom is 0.307 e. The Morgan fingerprint density at radius 1 is 1.27 bits per heavy atom. The van der Waals surface area contributed by atoms with Crippen molar-refractivity contribution in [1.82, 2.24) is 0 Å². The molecule has 2 atom stereocenters. The summed E-state index contributed by atoms with van der Waals surface area (Å²) < 4.78 is 0. The van der Waals surface area contributed by atoms with E-state index in [0.29, 0.717) is 12.8 Å². The molecule has 0 aromatic rings. The number of primary amides is 1. The molecule has 0 bridgehead atoms. The second-order valence-corrected chi connectivity index (χ2v) is 2.88. The van der Waals surface area contributed by atoms with Gasteiger partial charge in [0.25, 0.3) is 0 Å². The van der Waals surface area contributed by atoms with Crippen molar-refractivity contribution in [3.8, 4) is 0 Å². The molecule has 1 amide bonds. The molecule has 0 aliphatic heterocycles. The van der Waals surface area contributed by atoms with Gasteiger partial charge in [-0.15, -0.1) is 0 Å². The van der Waals surface area contributed by atoms with Gasteiger partial charge in [0.2, 0.25) is 5.91 Å². The lowest BCUT2D eigenvalue weighted by molar-refractivity contribution is -0.145. The van der Waals surface area contributed by atoms with E-state index >= 15 is 0 Å². The molecule has 1 aliphatic rings. The minimum atomic E-state index is -0.897. The molecule has 1 rings (SSSR count). The van der Waals surface area contributed by atoms with Crippen molar-refractivity contribution in [1.29, 1.82) is 0 Å². The zero-order chi connectivity index (χ0) is 8.43. The van der Waals surface area contributed by atoms with Crippen LogP contribution < -0.4 is 5.73 Å². The summed E-state index contributed by atoms with van der Waals surface area (Å²) in [6, 6.07) is 0. The lowest BCUT2D eigenvalue weighted by Crippen LogP contribution is -2.30. The van der Waals surface area contributed by atoms with Gasteiger partial charge in [0.15, 0.2) is 0 Å². The zero-order valence-corrected chi connectivity index (χ0v) is 6.12. The first-order valence-electron chi connectivity index (χ1n) is 3.65. The van der Waals surface area contributed by atoms with Crippen molar-refractivity contribution < 1.29 is 14.7 Å². The van der Waals surface area contributed by atoms with Gasteiger partial charge in [-0.2, -0.15) is 0 Å². The third kappa shape index (κ3) is 1.50. The summed E-state index contributed by atoms with van der Waals surface area (Å²) in [6.07, 6.45) is 2.01. The Hall–Kier alpha value is -1.06. The molecule has 0 spiro atoms. The van der Waals surface area contributed by atoms with Crippen LogP contribution in [-0.2, 0) is 9.59 Å². The lowest BCUT2D eigenvalue weighted by atomic mass is 9.96. The lowest BCUT2D eigenvalue weighted by Gasteiger charge is -2.10. The molecule has 4 heteroatoms. The number of aliphatic carboxylic acids is 1. The van der Waals surface area contributed by atoms with E-state index in [1.165, 1.54) is 0 Å². The molecular formula is C7H11NO3. The molecule has 4 nitrogen and oxygen atoms in total. The van der Waals surface area contributed by atoms with E-state index in [0.717, 1.165) is 6.42 Å². The molecular weight excluding hydrogens is 146 g/mol. The minimum Gasteiger partial charge on any atom is -0.481 e. The molecule has 0 aromatic heterocycles. The van der Waals surface area contributed by atoms with Crippen LogP contribution >= 0.6 is 0 Å². The summed E-state index contributed by atoms with van der Waals surface area (Å²) >= 11 is 0. The van der Waals surface area contributed by atoms with Gasteiger partial charge < -0.3 is 10.8 Å². The zero-order valence-electron chi connectivity index (χ0n) is 6.12. The first-order chi connectivity index (χ1) is 5.13. The van der Waals surface area contributed by atoms with Crippen LogP contribution in [-0.4, -0.2) is 17.0 Å². The molecule has 0 radical (unpaired) electrons. The van der Waals surface area contributed by atoms with Gasteiger partial charge >= 0.3 is 5.97 Å². The van der Waals surface area contributed by atoms with Gasteiger partial charge in [-0.3, -0.25) is 9.59 Å². The van der Waals surface area contributed by atoms with Gasteiger partial charge in [0.05, 0.1) is 11.8 Å². The number of rotatable bonds is 2. The molecule has 1 fully saturated rings. The molecule has 62 valence electrons. The van der Waals surface area contributed by atoms with Crippen molar-refractivity contribution in [3.63, 3.8) is 0 Å². The average molecular weight is 157 g/mol. The SMILES string of the molecule is NC(=O)[C@H]1CCC[C@H]1C(=O)O. The second-order valence-electron chi connectivity index (χ2n) is 2.88. The Morgan fingerprint density at radius 2 is 1.82 bits per heavy atom. The van der Waals surface area contributed by atoms with E-state index in [9.17, 15) is 9.59 Å². The molecule has 11 heavy (non-hydrogen) atoms. The number of carboxylic acids is 1. The summed E-state index contributed by atoms with van der Waals surface area (Å²) in [6.45, 7) is 0. The standard InChI is InChI=1S/C7H11NO3/c8-6(9)4-2-1-3-5(4)7(10)11/h4-5H,1-3H2,(H2,8,9)(H,10,11)/t4-,5+/m0/s1. The van der Waals surface area contributed by atoms with Gasteiger partial charge in [-0.25, -0.2) is 0 Å². The highest BCUT2D eigenvalue weighted by atomic mass is 16.4. The largest absolute Gasteiger partial charge is 0.481 e. The van der Waals surface area contributed by atoms with Crippen molar-refractivity contribution in [3.05, 3.63) is 0 Å². The van der Waals surface area contributed by atoms with Crippen molar-refractivity contribution in [2.45, 2.75) is 19.3 Å². The van der Waals surface area contributed by atoms with Crippen molar-refractivity contribution >= 4 is 11.9 Å². The van der Waals surface area contributed by atoms with Crippen LogP contribution in [0, 0.1) is 11.8 Å².